The molecule has 0 radical (unpaired) electrons. The van der Waals surface area contributed by atoms with Gasteiger partial charge < -0.3 is 10.1 Å². The Morgan fingerprint density at radius 1 is 1.32 bits per heavy atom. The predicted octanol–water partition coefficient (Wildman–Crippen LogP) is 2.99. The van der Waals surface area contributed by atoms with Gasteiger partial charge in [-0.15, -0.1) is 0 Å². The second-order valence-corrected chi connectivity index (χ2v) is 4.37. The van der Waals surface area contributed by atoms with Crippen LogP contribution in [0.2, 0.25) is 0 Å². The van der Waals surface area contributed by atoms with E-state index in [1.807, 2.05) is 13.8 Å². The third-order valence-corrected chi connectivity index (χ3v) is 2.92. The summed E-state index contributed by atoms with van der Waals surface area (Å²) in [6.45, 7) is 1.58. The Kier molecular flexibility index (Phi) is 6.25. The van der Waals surface area contributed by atoms with Crippen LogP contribution in [0, 0.1) is 5.92 Å². The number of ether oxygens (including phenoxy) is 1. The van der Waals surface area contributed by atoms with Crippen LogP contribution >= 0.6 is 0 Å². The Morgan fingerprint density at radius 2 is 1.95 bits per heavy atom. The van der Waals surface area contributed by atoms with Crippen molar-refractivity contribution in [2.24, 2.45) is 5.92 Å². The van der Waals surface area contributed by atoms with Gasteiger partial charge in [-0.1, -0.05) is 26.0 Å². The summed E-state index contributed by atoms with van der Waals surface area (Å²) in [7, 11) is 0. The normalized spacial score (nSPS) is 12.3. The molecule has 1 N–H and O–H groups in total. The quantitative estimate of drug-likeness (QED) is 0.828. The fraction of sp³-hybridized carbons (Fsp3) is 0.500. The van der Waals surface area contributed by atoms with E-state index in [0.717, 1.165) is 12.0 Å². The average Bonchev–Trinajstić information content (AvgIpc) is 2.39. The zero-order valence-corrected chi connectivity index (χ0v) is 11.2. The van der Waals surface area contributed by atoms with Gasteiger partial charge in [-0.25, -0.2) is 0 Å². The van der Waals surface area contributed by atoms with Gasteiger partial charge in [0.25, 0.3) is 0 Å². The molecule has 0 aliphatic heterocycles. The van der Waals surface area contributed by atoms with Gasteiger partial charge in [0.05, 0.1) is 0 Å². The van der Waals surface area contributed by atoms with Crippen LogP contribution in [0.5, 0.6) is 5.75 Å². The lowest BCUT2D eigenvalue weighted by Gasteiger charge is -2.10. The van der Waals surface area contributed by atoms with Gasteiger partial charge in [0.2, 0.25) is 5.91 Å². The summed E-state index contributed by atoms with van der Waals surface area (Å²) in [5.41, 5.74) is 0.964. The molecule has 0 bridgehead atoms. The molecule has 3 nitrogen and oxygen atoms in total. The number of rotatable bonds is 7. The molecular weight excluding hydrogens is 252 g/mol. The topological polar surface area (TPSA) is 38.3 Å². The van der Waals surface area contributed by atoms with E-state index < -0.39 is 6.61 Å². The van der Waals surface area contributed by atoms with Gasteiger partial charge in [-0.3, -0.25) is 4.79 Å². The Morgan fingerprint density at radius 3 is 2.47 bits per heavy atom. The highest BCUT2D eigenvalue weighted by molar-refractivity contribution is 5.78. The maximum Gasteiger partial charge on any atom is 0.387 e. The average molecular weight is 271 g/mol. The molecule has 1 aromatic carbocycles. The van der Waals surface area contributed by atoms with E-state index in [9.17, 15) is 13.6 Å². The van der Waals surface area contributed by atoms with Gasteiger partial charge in [0, 0.05) is 12.5 Å². The highest BCUT2D eigenvalue weighted by Gasteiger charge is 2.09. The second-order valence-electron chi connectivity index (χ2n) is 4.37. The maximum absolute atomic E-state index is 12.0. The molecule has 0 aliphatic rings. The van der Waals surface area contributed by atoms with Crippen molar-refractivity contribution in [3.63, 3.8) is 0 Å². The molecule has 0 fully saturated rings. The van der Waals surface area contributed by atoms with Gasteiger partial charge in [-0.2, -0.15) is 8.78 Å². The van der Waals surface area contributed by atoms with Crippen LogP contribution in [-0.4, -0.2) is 19.1 Å². The van der Waals surface area contributed by atoms with Crippen molar-refractivity contribution in [2.75, 3.05) is 6.54 Å². The lowest BCUT2D eigenvalue weighted by atomic mass is 10.1. The Labute approximate surface area is 112 Å². The van der Waals surface area contributed by atoms with Gasteiger partial charge >= 0.3 is 6.61 Å². The summed E-state index contributed by atoms with van der Waals surface area (Å²) >= 11 is 0. The summed E-state index contributed by atoms with van der Waals surface area (Å²) in [5.74, 6) is 0.198. The Balaban J connectivity index is 2.36. The first-order chi connectivity index (χ1) is 9.02. The fourth-order valence-corrected chi connectivity index (χ4v) is 1.53. The third kappa shape index (κ3) is 5.68. The lowest BCUT2D eigenvalue weighted by molar-refractivity contribution is -0.124. The maximum atomic E-state index is 12.0. The van der Waals surface area contributed by atoms with Crippen LogP contribution in [0.25, 0.3) is 0 Å². The zero-order chi connectivity index (χ0) is 14.3. The molecule has 0 unspecified atom stereocenters. The highest BCUT2D eigenvalue weighted by Crippen LogP contribution is 2.15. The first-order valence-corrected chi connectivity index (χ1v) is 6.34. The molecule has 106 valence electrons. The summed E-state index contributed by atoms with van der Waals surface area (Å²) in [6.07, 6.45) is 1.47. The molecule has 19 heavy (non-hydrogen) atoms. The molecule has 1 atom stereocenters. The number of hydrogen-bond acceptors (Lipinski definition) is 2. The summed E-state index contributed by atoms with van der Waals surface area (Å²) in [4.78, 5) is 11.5. The minimum atomic E-state index is -2.80. The van der Waals surface area contributed by atoms with E-state index in [-0.39, 0.29) is 17.6 Å². The largest absolute Gasteiger partial charge is 0.435 e. The number of benzene rings is 1. The van der Waals surface area contributed by atoms with E-state index in [1.165, 1.54) is 12.1 Å². The number of amides is 1. The molecule has 0 aromatic heterocycles. The first-order valence-electron chi connectivity index (χ1n) is 6.34. The van der Waals surface area contributed by atoms with Gasteiger partial charge in [0.1, 0.15) is 5.75 Å². The summed E-state index contributed by atoms with van der Waals surface area (Å²) in [6, 6.07) is 6.43. The fourth-order valence-electron chi connectivity index (χ4n) is 1.53. The van der Waals surface area contributed by atoms with Crippen LogP contribution in [0.15, 0.2) is 24.3 Å². The molecule has 0 heterocycles. The predicted molar refractivity (Wildman–Crippen MR) is 69.2 cm³/mol. The van der Waals surface area contributed by atoms with Crippen molar-refractivity contribution < 1.29 is 18.3 Å². The second kappa shape index (κ2) is 7.71. The van der Waals surface area contributed by atoms with Crippen molar-refractivity contribution in [3.8, 4) is 5.75 Å². The third-order valence-electron chi connectivity index (χ3n) is 2.92. The monoisotopic (exact) mass is 271 g/mol. The van der Waals surface area contributed by atoms with Crippen LogP contribution in [0.4, 0.5) is 8.78 Å². The molecular formula is C14H19F2NO2. The smallest absolute Gasteiger partial charge is 0.387 e. The van der Waals surface area contributed by atoms with Gasteiger partial charge in [-0.05, 0) is 30.5 Å². The van der Waals surface area contributed by atoms with Crippen LogP contribution in [0.3, 0.4) is 0 Å². The van der Waals surface area contributed by atoms with E-state index in [2.05, 4.69) is 10.1 Å². The molecule has 1 aromatic rings. The lowest BCUT2D eigenvalue weighted by Crippen LogP contribution is -2.30. The molecule has 0 saturated heterocycles. The number of carbonyl (C=O) groups is 1. The number of alkyl halides is 2. The SMILES string of the molecule is CC[C@@H](C)C(=O)NCCc1ccc(OC(F)F)cc1. The van der Waals surface area contributed by atoms with Crippen LogP contribution in [-0.2, 0) is 11.2 Å². The van der Waals surface area contributed by atoms with Crippen LogP contribution in [0.1, 0.15) is 25.8 Å². The Bertz CT molecular complexity index is 393. The van der Waals surface area contributed by atoms with E-state index >= 15 is 0 Å². The summed E-state index contributed by atoms with van der Waals surface area (Å²) in [5, 5.41) is 2.84. The van der Waals surface area contributed by atoms with Crippen molar-refractivity contribution in [2.45, 2.75) is 33.3 Å². The highest BCUT2D eigenvalue weighted by atomic mass is 19.3. The number of carbonyl (C=O) groups excluding carboxylic acids is 1. The number of halogens is 2. The minimum absolute atomic E-state index is 0.0156. The first kappa shape index (κ1) is 15.4. The summed E-state index contributed by atoms with van der Waals surface area (Å²) < 4.78 is 28.2. The van der Waals surface area contributed by atoms with Crippen molar-refractivity contribution in [3.05, 3.63) is 29.8 Å². The van der Waals surface area contributed by atoms with Crippen LogP contribution < -0.4 is 10.1 Å². The van der Waals surface area contributed by atoms with Crippen molar-refractivity contribution in [1.29, 1.82) is 0 Å². The number of nitrogens with one attached hydrogen (secondary N) is 1. The molecule has 0 spiro atoms. The molecule has 1 amide bonds. The molecule has 5 heteroatoms. The molecule has 1 rings (SSSR count). The number of hydrogen-bond donors (Lipinski definition) is 1. The van der Waals surface area contributed by atoms with E-state index in [4.69, 9.17) is 0 Å². The minimum Gasteiger partial charge on any atom is -0.435 e. The van der Waals surface area contributed by atoms with E-state index in [1.54, 1.807) is 12.1 Å². The van der Waals surface area contributed by atoms with Gasteiger partial charge in [0.15, 0.2) is 0 Å². The van der Waals surface area contributed by atoms with Crippen molar-refractivity contribution >= 4 is 5.91 Å². The van der Waals surface area contributed by atoms with E-state index in [0.29, 0.717) is 13.0 Å². The zero-order valence-electron chi connectivity index (χ0n) is 11.2. The molecule has 0 aliphatic carbocycles. The molecule has 0 saturated carbocycles. The van der Waals surface area contributed by atoms with Crippen molar-refractivity contribution in [1.82, 2.24) is 5.32 Å². The Hall–Kier alpha value is -1.65. The standard InChI is InChI=1S/C14H19F2NO2/c1-3-10(2)13(18)17-9-8-11-4-6-12(7-5-11)19-14(15)16/h4-7,10,14H,3,8-9H2,1-2H3,(H,17,18)/t10-/m1/s1.